The number of likely N-dealkylation sites (tertiary alicyclic amines) is 1. The number of hydrogen-bond acceptors (Lipinski definition) is 2. The summed E-state index contributed by atoms with van der Waals surface area (Å²) in [5.41, 5.74) is 0. The van der Waals surface area contributed by atoms with Gasteiger partial charge >= 0.3 is 6.36 Å². The first-order valence-corrected chi connectivity index (χ1v) is 5.90. The Morgan fingerprint density at radius 1 is 1.24 bits per heavy atom. The summed E-state index contributed by atoms with van der Waals surface area (Å²) >= 11 is 0. The average Bonchev–Trinajstić information content (AvgIpc) is 2.67. The molecule has 1 amide bonds. The van der Waals surface area contributed by atoms with E-state index in [0.29, 0.717) is 0 Å². The van der Waals surface area contributed by atoms with Gasteiger partial charge in [0, 0.05) is 12.1 Å². The number of ether oxygens (including phenoxy) is 1. The van der Waals surface area contributed by atoms with Crippen molar-refractivity contribution in [3.05, 3.63) is 0 Å². The van der Waals surface area contributed by atoms with Gasteiger partial charge in [-0.05, 0) is 25.7 Å². The Balaban J connectivity index is 2.58. The lowest BCUT2D eigenvalue weighted by molar-refractivity contribution is -0.322. The van der Waals surface area contributed by atoms with Gasteiger partial charge in [-0.2, -0.15) is 0 Å². The van der Waals surface area contributed by atoms with Crippen LogP contribution < -0.4 is 0 Å². The molecule has 0 aromatic rings. The van der Waals surface area contributed by atoms with E-state index in [1.54, 1.807) is 4.90 Å². The zero-order valence-corrected chi connectivity index (χ0v) is 10.1. The molecule has 1 rings (SSSR count). The second-order valence-corrected chi connectivity index (χ2v) is 4.24. The molecule has 3 nitrogen and oxygen atoms in total. The van der Waals surface area contributed by atoms with Crippen LogP contribution in [-0.4, -0.2) is 35.9 Å². The smallest absolute Gasteiger partial charge is 0.335 e. The minimum absolute atomic E-state index is 0.0595. The van der Waals surface area contributed by atoms with Crippen LogP contribution in [0.5, 0.6) is 0 Å². The molecule has 0 radical (unpaired) electrons. The maximum Gasteiger partial charge on any atom is 0.523 e. The number of carbonyl (C=O) groups excluding carboxylic acids is 1. The summed E-state index contributed by atoms with van der Waals surface area (Å²) in [7, 11) is 0. The summed E-state index contributed by atoms with van der Waals surface area (Å²) in [6.45, 7) is 2.97. The predicted molar refractivity (Wildman–Crippen MR) is 56.2 cm³/mol. The number of amides is 1. The van der Waals surface area contributed by atoms with Crippen molar-refractivity contribution in [2.75, 3.05) is 6.61 Å². The Morgan fingerprint density at radius 2 is 1.71 bits per heavy atom. The highest BCUT2D eigenvalue weighted by molar-refractivity contribution is 5.78. The second kappa shape index (κ2) is 5.71. The summed E-state index contributed by atoms with van der Waals surface area (Å²) < 4.78 is 39.2. The van der Waals surface area contributed by atoms with Crippen LogP contribution >= 0.6 is 0 Å². The van der Waals surface area contributed by atoms with E-state index in [0.717, 1.165) is 25.7 Å². The molecule has 1 aliphatic heterocycles. The third kappa shape index (κ3) is 3.87. The lowest BCUT2D eigenvalue weighted by Crippen LogP contribution is -2.43. The van der Waals surface area contributed by atoms with Crippen LogP contribution in [0.3, 0.4) is 0 Å². The molecule has 2 unspecified atom stereocenters. The van der Waals surface area contributed by atoms with Gasteiger partial charge in [0.15, 0.2) is 0 Å². The second-order valence-electron chi connectivity index (χ2n) is 4.24. The molecule has 100 valence electrons. The number of halogens is 3. The normalized spacial score (nSPS) is 25.4. The molecule has 2 atom stereocenters. The SMILES string of the molecule is CCC1CCC(CC)N1C(=O)COC(F)(F)F. The molecule has 1 aliphatic rings. The van der Waals surface area contributed by atoms with Gasteiger partial charge in [0.25, 0.3) is 0 Å². The Hall–Kier alpha value is -0.780. The van der Waals surface area contributed by atoms with Crippen molar-refractivity contribution in [3.63, 3.8) is 0 Å². The molecule has 0 spiro atoms. The molecule has 17 heavy (non-hydrogen) atoms. The van der Waals surface area contributed by atoms with Gasteiger partial charge in [-0.25, -0.2) is 0 Å². The van der Waals surface area contributed by atoms with Gasteiger partial charge < -0.3 is 4.90 Å². The highest BCUT2D eigenvalue weighted by atomic mass is 19.4. The highest BCUT2D eigenvalue weighted by Crippen LogP contribution is 2.28. The van der Waals surface area contributed by atoms with Crippen LogP contribution in [0.15, 0.2) is 0 Å². The molecule has 0 aromatic heterocycles. The van der Waals surface area contributed by atoms with Gasteiger partial charge in [-0.1, -0.05) is 13.8 Å². The van der Waals surface area contributed by atoms with E-state index in [4.69, 9.17) is 0 Å². The largest absolute Gasteiger partial charge is 0.523 e. The highest BCUT2D eigenvalue weighted by Gasteiger charge is 2.37. The van der Waals surface area contributed by atoms with Crippen molar-refractivity contribution in [3.8, 4) is 0 Å². The summed E-state index contributed by atoms with van der Waals surface area (Å²) in [5, 5.41) is 0. The fourth-order valence-corrected chi connectivity index (χ4v) is 2.39. The van der Waals surface area contributed by atoms with Crippen LogP contribution in [-0.2, 0) is 9.53 Å². The topological polar surface area (TPSA) is 29.5 Å². The lowest BCUT2D eigenvalue weighted by atomic mass is 10.1. The summed E-state index contributed by atoms with van der Waals surface area (Å²) in [5.74, 6) is -0.557. The molecule has 0 bridgehead atoms. The Labute approximate surface area is 98.9 Å². The molecule has 0 saturated carbocycles. The third-order valence-corrected chi connectivity index (χ3v) is 3.21. The molecule has 0 N–H and O–H groups in total. The lowest BCUT2D eigenvalue weighted by Gasteiger charge is -2.29. The number of hydrogen-bond donors (Lipinski definition) is 0. The zero-order chi connectivity index (χ0) is 13.1. The fraction of sp³-hybridized carbons (Fsp3) is 0.909. The summed E-state index contributed by atoms with van der Waals surface area (Å²) in [4.78, 5) is 13.3. The van der Waals surface area contributed by atoms with E-state index < -0.39 is 18.9 Å². The standard InChI is InChI=1S/C11H18F3NO2/c1-3-8-5-6-9(4-2)15(8)10(16)7-17-11(12,13)14/h8-9H,3-7H2,1-2H3. The van der Waals surface area contributed by atoms with Crippen molar-refractivity contribution in [1.29, 1.82) is 0 Å². The molecular formula is C11H18F3NO2. The van der Waals surface area contributed by atoms with Crippen LogP contribution in [0, 0.1) is 0 Å². The quantitative estimate of drug-likeness (QED) is 0.771. The molecule has 1 fully saturated rings. The van der Waals surface area contributed by atoms with E-state index in [9.17, 15) is 18.0 Å². The minimum atomic E-state index is -4.74. The monoisotopic (exact) mass is 253 g/mol. The van der Waals surface area contributed by atoms with Crippen molar-refractivity contribution in [2.24, 2.45) is 0 Å². The number of nitrogens with zero attached hydrogens (tertiary/aromatic N) is 1. The summed E-state index contributed by atoms with van der Waals surface area (Å²) in [6, 6.07) is 0.119. The maximum absolute atomic E-state index is 11.9. The van der Waals surface area contributed by atoms with E-state index in [2.05, 4.69) is 4.74 Å². The first kappa shape index (κ1) is 14.3. The average molecular weight is 253 g/mol. The Morgan fingerprint density at radius 3 is 2.06 bits per heavy atom. The van der Waals surface area contributed by atoms with Crippen LogP contribution in [0.1, 0.15) is 39.5 Å². The zero-order valence-electron chi connectivity index (χ0n) is 10.1. The first-order chi connectivity index (χ1) is 7.89. The number of rotatable bonds is 4. The molecule has 6 heteroatoms. The number of carbonyl (C=O) groups is 1. The molecule has 0 aromatic carbocycles. The van der Waals surface area contributed by atoms with Crippen molar-refractivity contribution >= 4 is 5.91 Å². The van der Waals surface area contributed by atoms with Gasteiger partial charge in [0.2, 0.25) is 5.91 Å². The van der Waals surface area contributed by atoms with Gasteiger partial charge in [0.05, 0.1) is 0 Å². The van der Waals surface area contributed by atoms with Crippen LogP contribution in [0.4, 0.5) is 13.2 Å². The third-order valence-electron chi connectivity index (χ3n) is 3.21. The van der Waals surface area contributed by atoms with Gasteiger partial charge in [-0.15, -0.1) is 13.2 Å². The van der Waals surface area contributed by atoms with E-state index in [1.807, 2.05) is 13.8 Å². The molecule has 0 aliphatic carbocycles. The van der Waals surface area contributed by atoms with Crippen LogP contribution in [0.25, 0.3) is 0 Å². The van der Waals surface area contributed by atoms with Crippen molar-refractivity contribution in [2.45, 2.75) is 58.0 Å². The van der Waals surface area contributed by atoms with E-state index in [-0.39, 0.29) is 12.1 Å². The van der Waals surface area contributed by atoms with E-state index >= 15 is 0 Å². The van der Waals surface area contributed by atoms with Crippen LogP contribution in [0.2, 0.25) is 0 Å². The number of alkyl halides is 3. The van der Waals surface area contributed by atoms with E-state index in [1.165, 1.54) is 0 Å². The predicted octanol–water partition coefficient (Wildman–Crippen LogP) is 2.70. The Bertz CT molecular complexity index is 256. The minimum Gasteiger partial charge on any atom is -0.335 e. The van der Waals surface area contributed by atoms with Gasteiger partial charge in [0.1, 0.15) is 6.61 Å². The van der Waals surface area contributed by atoms with Crippen molar-refractivity contribution in [1.82, 2.24) is 4.90 Å². The first-order valence-electron chi connectivity index (χ1n) is 5.90. The molecule has 1 heterocycles. The fourth-order valence-electron chi connectivity index (χ4n) is 2.39. The maximum atomic E-state index is 11.9. The molecular weight excluding hydrogens is 235 g/mol. The summed E-state index contributed by atoms with van der Waals surface area (Å²) in [6.07, 6.45) is -1.46. The van der Waals surface area contributed by atoms with Gasteiger partial charge in [-0.3, -0.25) is 9.53 Å². The Kier molecular flexibility index (Phi) is 4.80. The molecule has 1 saturated heterocycles. The van der Waals surface area contributed by atoms with Crippen molar-refractivity contribution < 1.29 is 22.7 Å².